The lowest BCUT2D eigenvalue weighted by Gasteiger charge is -2.15. The molecule has 1 aromatic heterocycles. The fourth-order valence-corrected chi connectivity index (χ4v) is 2.43. The predicted molar refractivity (Wildman–Crippen MR) is 72.8 cm³/mol. The second-order valence-corrected chi connectivity index (χ2v) is 5.09. The van der Waals surface area contributed by atoms with Crippen molar-refractivity contribution in [1.82, 2.24) is 25.5 Å². The van der Waals surface area contributed by atoms with Gasteiger partial charge in [0.2, 0.25) is 5.16 Å². The maximum Gasteiger partial charge on any atom is 0.282 e. The van der Waals surface area contributed by atoms with Crippen molar-refractivity contribution >= 4 is 11.8 Å². The number of nitrogens with one attached hydrogen (secondary N) is 1. The molecule has 0 atom stereocenters. The molecule has 0 aliphatic heterocycles. The van der Waals surface area contributed by atoms with Gasteiger partial charge in [0.05, 0.1) is 12.3 Å². The van der Waals surface area contributed by atoms with Gasteiger partial charge in [0, 0.05) is 12.1 Å². The van der Waals surface area contributed by atoms with E-state index in [2.05, 4.69) is 20.8 Å². The number of thioether (sulfide) groups is 1. The number of hydrogen-bond donors (Lipinski definition) is 1. The minimum Gasteiger partial charge on any atom is -0.318 e. The standard InChI is InChI=1S/C12H15F2N5S/c1-15-7-8-19-11(16-17-18-19)20-9-12(13,14)10-5-3-2-4-6-10/h2-6,15H,7-9H2,1H3. The molecule has 0 spiro atoms. The van der Waals surface area contributed by atoms with Crippen molar-refractivity contribution < 1.29 is 8.78 Å². The molecular weight excluding hydrogens is 284 g/mol. The molecule has 0 unspecified atom stereocenters. The van der Waals surface area contributed by atoms with Gasteiger partial charge in [-0.2, -0.15) is 0 Å². The topological polar surface area (TPSA) is 55.6 Å². The van der Waals surface area contributed by atoms with Crippen LogP contribution >= 0.6 is 11.8 Å². The van der Waals surface area contributed by atoms with Crippen LogP contribution < -0.4 is 5.32 Å². The molecule has 8 heteroatoms. The minimum atomic E-state index is -2.91. The Bertz CT molecular complexity index is 532. The first-order valence-corrected chi connectivity index (χ1v) is 7.09. The average molecular weight is 299 g/mol. The molecule has 5 nitrogen and oxygen atoms in total. The summed E-state index contributed by atoms with van der Waals surface area (Å²) in [6.45, 7) is 1.22. The Labute approximate surface area is 119 Å². The number of alkyl halides is 2. The van der Waals surface area contributed by atoms with Gasteiger partial charge in [0.25, 0.3) is 5.92 Å². The van der Waals surface area contributed by atoms with E-state index in [9.17, 15) is 8.78 Å². The van der Waals surface area contributed by atoms with E-state index in [0.29, 0.717) is 18.2 Å². The second kappa shape index (κ2) is 6.76. The van der Waals surface area contributed by atoms with Gasteiger partial charge in [-0.15, -0.1) is 5.10 Å². The van der Waals surface area contributed by atoms with E-state index in [1.54, 1.807) is 25.2 Å². The highest BCUT2D eigenvalue weighted by Gasteiger charge is 2.32. The fourth-order valence-electron chi connectivity index (χ4n) is 1.58. The highest BCUT2D eigenvalue weighted by molar-refractivity contribution is 7.99. The number of benzene rings is 1. The molecule has 0 radical (unpaired) electrons. The molecule has 0 saturated carbocycles. The van der Waals surface area contributed by atoms with Gasteiger partial charge in [-0.25, -0.2) is 13.5 Å². The molecule has 0 bridgehead atoms. The van der Waals surface area contributed by atoms with Crippen LogP contribution in [0.4, 0.5) is 8.78 Å². The van der Waals surface area contributed by atoms with Gasteiger partial charge in [0.1, 0.15) is 0 Å². The summed E-state index contributed by atoms with van der Waals surface area (Å²) in [4.78, 5) is 0. The second-order valence-electron chi connectivity index (χ2n) is 4.15. The zero-order valence-corrected chi connectivity index (χ0v) is 11.8. The van der Waals surface area contributed by atoms with Crippen molar-refractivity contribution in [1.29, 1.82) is 0 Å². The summed E-state index contributed by atoms with van der Waals surface area (Å²) in [5.74, 6) is -3.30. The van der Waals surface area contributed by atoms with E-state index in [1.165, 1.54) is 16.8 Å². The Balaban J connectivity index is 1.99. The van der Waals surface area contributed by atoms with Crippen molar-refractivity contribution in [2.75, 3.05) is 19.3 Å². The van der Waals surface area contributed by atoms with Crippen molar-refractivity contribution in [2.24, 2.45) is 0 Å². The maximum atomic E-state index is 14.0. The predicted octanol–water partition coefficient (Wildman–Crippen LogP) is 1.78. The number of hydrogen-bond acceptors (Lipinski definition) is 5. The Morgan fingerprint density at radius 2 is 2.05 bits per heavy atom. The van der Waals surface area contributed by atoms with Crippen LogP contribution in [-0.2, 0) is 12.5 Å². The lowest BCUT2D eigenvalue weighted by molar-refractivity contribution is 0.0231. The average Bonchev–Trinajstić information content (AvgIpc) is 2.91. The van der Waals surface area contributed by atoms with Crippen molar-refractivity contribution in [3.63, 3.8) is 0 Å². The molecule has 2 aromatic rings. The van der Waals surface area contributed by atoms with E-state index < -0.39 is 11.7 Å². The van der Waals surface area contributed by atoms with Crippen LogP contribution in [0.3, 0.4) is 0 Å². The van der Waals surface area contributed by atoms with E-state index in [-0.39, 0.29) is 5.56 Å². The molecule has 2 rings (SSSR count). The third kappa shape index (κ3) is 3.73. The van der Waals surface area contributed by atoms with Crippen LogP contribution in [0.2, 0.25) is 0 Å². The summed E-state index contributed by atoms with van der Waals surface area (Å²) < 4.78 is 29.6. The Morgan fingerprint density at radius 1 is 1.30 bits per heavy atom. The van der Waals surface area contributed by atoms with Crippen molar-refractivity contribution in [3.8, 4) is 0 Å². The highest BCUT2D eigenvalue weighted by atomic mass is 32.2. The zero-order valence-electron chi connectivity index (χ0n) is 11.0. The van der Waals surface area contributed by atoms with Crippen LogP contribution in [0.5, 0.6) is 0 Å². The van der Waals surface area contributed by atoms with Gasteiger partial charge in [-0.1, -0.05) is 42.1 Å². The number of rotatable bonds is 7. The first-order chi connectivity index (χ1) is 9.63. The summed E-state index contributed by atoms with van der Waals surface area (Å²) in [5, 5.41) is 14.4. The molecule has 20 heavy (non-hydrogen) atoms. The first-order valence-electron chi connectivity index (χ1n) is 6.10. The Morgan fingerprint density at radius 3 is 2.75 bits per heavy atom. The smallest absolute Gasteiger partial charge is 0.282 e. The molecule has 0 aliphatic rings. The lowest BCUT2D eigenvalue weighted by Crippen LogP contribution is -2.19. The summed E-state index contributed by atoms with van der Waals surface area (Å²) in [6, 6.07) is 7.76. The van der Waals surface area contributed by atoms with Crippen LogP contribution in [0.25, 0.3) is 0 Å². The van der Waals surface area contributed by atoms with E-state index in [1.807, 2.05) is 0 Å². The van der Waals surface area contributed by atoms with E-state index in [0.717, 1.165) is 11.8 Å². The number of likely N-dealkylation sites (N-methyl/N-ethyl adjacent to an activating group) is 1. The zero-order chi connectivity index (χ0) is 14.4. The molecule has 1 aromatic carbocycles. The SMILES string of the molecule is CNCCn1nnnc1SCC(F)(F)c1ccccc1. The molecule has 1 N–H and O–H groups in total. The molecule has 108 valence electrons. The Hall–Kier alpha value is -1.54. The van der Waals surface area contributed by atoms with Crippen molar-refractivity contribution in [3.05, 3.63) is 35.9 Å². The number of halogens is 2. The lowest BCUT2D eigenvalue weighted by atomic mass is 10.1. The van der Waals surface area contributed by atoms with Crippen molar-refractivity contribution in [2.45, 2.75) is 17.6 Å². The van der Waals surface area contributed by atoms with Crippen LogP contribution in [-0.4, -0.2) is 39.6 Å². The van der Waals surface area contributed by atoms with E-state index in [4.69, 9.17) is 0 Å². The Kier molecular flexibility index (Phi) is 5.02. The third-order valence-corrected chi connectivity index (χ3v) is 3.71. The van der Waals surface area contributed by atoms with Crippen LogP contribution in [0.15, 0.2) is 35.5 Å². The molecular formula is C12H15F2N5S. The molecule has 0 amide bonds. The summed E-state index contributed by atoms with van der Waals surface area (Å²) in [7, 11) is 1.81. The number of aromatic nitrogens is 4. The van der Waals surface area contributed by atoms with Gasteiger partial charge in [0.15, 0.2) is 0 Å². The normalized spacial score (nSPS) is 11.8. The maximum absolute atomic E-state index is 14.0. The summed E-state index contributed by atoms with van der Waals surface area (Å²) >= 11 is 0.955. The highest BCUT2D eigenvalue weighted by Crippen LogP contribution is 2.33. The molecule has 0 fully saturated rings. The minimum absolute atomic E-state index is 0.00162. The summed E-state index contributed by atoms with van der Waals surface area (Å²) in [6.07, 6.45) is 0. The molecule has 0 aliphatic carbocycles. The van der Waals surface area contributed by atoms with E-state index >= 15 is 0 Å². The van der Waals surface area contributed by atoms with Gasteiger partial charge >= 0.3 is 0 Å². The third-order valence-electron chi connectivity index (χ3n) is 2.65. The van der Waals surface area contributed by atoms with Gasteiger partial charge < -0.3 is 5.32 Å². The monoisotopic (exact) mass is 299 g/mol. The van der Waals surface area contributed by atoms with Gasteiger partial charge in [-0.05, 0) is 17.5 Å². The van der Waals surface area contributed by atoms with Crippen LogP contribution in [0, 0.1) is 0 Å². The molecule has 1 heterocycles. The molecule has 0 saturated heterocycles. The summed E-state index contributed by atoms with van der Waals surface area (Å²) in [5.41, 5.74) is 0.00162. The van der Waals surface area contributed by atoms with Gasteiger partial charge in [-0.3, -0.25) is 0 Å². The quantitative estimate of drug-likeness (QED) is 0.790. The van der Waals surface area contributed by atoms with Crippen LogP contribution in [0.1, 0.15) is 5.56 Å². The number of nitrogens with zero attached hydrogens (tertiary/aromatic N) is 4. The largest absolute Gasteiger partial charge is 0.318 e. The first kappa shape index (κ1) is 14.9. The number of tetrazole rings is 1. The fraction of sp³-hybridized carbons (Fsp3) is 0.417.